The Labute approximate surface area is 148 Å². The lowest BCUT2D eigenvalue weighted by Gasteiger charge is -2.35. The Kier molecular flexibility index (Phi) is 4.73. The second-order valence-corrected chi connectivity index (χ2v) is 6.16. The zero-order valence-electron chi connectivity index (χ0n) is 12.4. The lowest BCUT2D eigenvalue weighted by atomic mass is 10.0. The number of nitrogens with one attached hydrogen (secondary N) is 1. The highest BCUT2D eigenvalue weighted by molar-refractivity contribution is 6.42. The molecule has 1 fully saturated rings. The van der Waals surface area contributed by atoms with Gasteiger partial charge in [0.15, 0.2) is 0 Å². The van der Waals surface area contributed by atoms with Crippen molar-refractivity contribution in [2.45, 2.75) is 6.04 Å². The molecular weight excluding hydrogens is 354 g/mol. The fourth-order valence-electron chi connectivity index (χ4n) is 2.69. The summed E-state index contributed by atoms with van der Waals surface area (Å²) in [5.41, 5.74) is 0.448. The number of piperazine rings is 1. The fraction of sp³-hybridized carbons (Fsp3) is 0.176. The van der Waals surface area contributed by atoms with Crippen molar-refractivity contribution in [3.63, 3.8) is 0 Å². The third-order valence-electron chi connectivity index (χ3n) is 3.84. The number of hydrogen-bond acceptors (Lipinski definition) is 2. The molecule has 1 aliphatic rings. The lowest BCUT2D eigenvalue weighted by Crippen LogP contribution is -2.52. The molecule has 0 spiro atoms. The van der Waals surface area contributed by atoms with E-state index in [1.54, 1.807) is 6.07 Å². The van der Waals surface area contributed by atoms with Crippen molar-refractivity contribution in [2.75, 3.05) is 13.1 Å². The Balaban J connectivity index is 2.00. The maximum atomic E-state index is 14.1. The van der Waals surface area contributed by atoms with Crippen LogP contribution in [0.5, 0.6) is 0 Å². The predicted molar refractivity (Wildman–Crippen MR) is 89.6 cm³/mol. The van der Waals surface area contributed by atoms with Gasteiger partial charge in [-0.15, -0.1) is 0 Å². The van der Waals surface area contributed by atoms with Crippen LogP contribution in [0.25, 0.3) is 0 Å². The smallest absolute Gasteiger partial charge is 0.254 e. The van der Waals surface area contributed by atoms with Gasteiger partial charge < -0.3 is 10.2 Å². The van der Waals surface area contributed by atoms with Crippen molar-refractivity contribution in [2.24, 2.45) is 0 Å². The minimum Gasteiger partial charge on any atom is -0.352 e. The summed E-state index contributed by atoms with van der Waals surface area (Å²) in [6, 6.07) is 9.38. The van der Waals surface area contributed by atoms with Crippen LogP contribution < -0.4 is 5.32 Å². The molecule has 2 amide bonds. The molecule has 1 heterocycles. The molecule has 0 aliphatic carbocycles. The average Bonchev–Trinajstić information content (AvgIpc) is 2.57. The van der Waals surface area contributed by atoms with E-state index in [4.69, 9.17) is 23.2 Å². The predicted octanol–water partition coefficient (Wildman–Crippen LogP) is 3.45. The molecule has 1 N–H and O–H groups in total. The van der Waals surface area contributed by atoms with E-state index in [0.29, 0.717) is 17.1 Å². The number of carbonyl (C=O) groups is 2. The molecule has 3 rings (SSSR count). The molecule has 7 heteroatoms. The maximum absolute atomic E-state index is 14.1. The molecule has 124 valence electrons. The molecule has 0 radical (unpaired) electrons. The third kappa shape index (κ3) is 3.09. The molecule has 24 heavy (non-hydrogen) atoms. The van der Waals surface area contributed by atoms with Crippen LogP contribution >= 0.6 is 23.2 Å². The van der Waals surface area contributed by atoms with E-state index in [0.717, 1.165) is 0 Å². The highest BCUT2D eigenvalue weighted by Crippen LogP contribution is 2.29. The van der Waals surface area contributed by atoms with Gasteiger partial charge in [0, 0.05) is 24.2 Å². The highest BCUT2D eigenvalue weighted by Gasteiger charge is 2.36. The number of hydrogen-bond donors (Lipinski definition) is 1. The van der Waals surface area contributed by atoms with E-state index in [9.17, 15) is 14.0 Å². The van der Waals surface area contributed by atoms with Crippen LogP contribution in [0.3, 0.4) is 0 Å². The Morgan fingerprint density at radius 3 is 2.62 bits per heavy atom. The summed E-state index contributed by atoms with van der Waals surface area (Å²) in [6.45, 7) is 0.570. The molecule has 0 saturated carbocycles. The summed E-state index contributed by atoms with van der Waals surface area (Å²) in [5, 5.41) is 3.24. The quantitative estimate of drug-likeness (QED) is 0.884. The SMILES string of the molecule is O=C1NCCN(C(=O)c2ccc(Cl)c(Cl)c2)C1c1ccccc1F. The summed E-state index contributed by atoms with van der Waals surface area (Å²) in [5.74, 6) is -1.36. The van der Waals surface area contributed by atoms with Gasteiger partial charge in [0.05, 0.1) is 10.0 Å². The van der Waals surface area contributed by atoms with Gasteiger partial charge in [0.1, 0.15) is 11.9 Å². The van der Waals surface area contributed by atoms with Crippen LogP contribution in [-0.2, 0) is 4.79 Å². The summed E-state index contributed by atoms with van der Waals surface area (Å²) < 4.78 is 14.1. The van der Waals surface area contributed by atoms with Crippen molar-refractivity contribution < 1.29 is 14.0 Å². The Morgan fingerprint density at radius 2 is 1.92 bits per heavy atom. The fourth-order valence-corrected chi connectivity index (χ4v) is 2.98. The summed E-state index contributed by atoms with van der Waals surface area (Å²) in [7, 11) is 0. The van der Waals surface area contributed by atoms with Crippen LogP contribution in [-0.4, -0.2) is 29.8 Å². The first kappa shape index (κ1) is 16.7. The van der Waals surface area contributed by atoms with E-state index < -0.39 is 23.7 Å². The minimum absolute atomic E-state index is 0.156. The minimum atomic E-state index is -1.03. The van der Waals surface area contributed by atoms with Crippen LogP contribution in [0.15, 0.2) is 42.5 Å². The molecule has 0 bridgehead atoms. The monoisotopic (exact) mass is 366 g/mol. The molecule has 1 saturated heterocycles. The standard InChI is InChI=1S/C17H13Cl2FN2O2/c18-12-6-5-10(9-13(12)19)17(24)22-8-7-21-16(23)15(22)11-3-1-2-4-14(11)20/h1-6,9,15H,7-8H2,(H,21,23). The number of carbonyl (C=O) groups excluding carboxylic acids is 2. The molecule has 1 aliphatic heterocycles. The molecule has 2 aromatic carbocycles. The van der Waals surface area contributed by atoms with Gasteiger partial charge in [0.2, 0.25) is 5.91 Å². The van der Waals surface area contributed by atoms with Gasteiger partial charge in [-0.2, -0.15) is 0 Å². The number of amides is 2. The van der Waals surface area contributed by atoms with Crippen LogP contribution in [0, 0.1) is 5.82 Å². The zero-order chi connectivity index (χ0) is 17.3. The first-order chi connectivity index (χ1) is 11.5. The van der Waals surface area contributed by atoms with Gasteiger partial charge in [-0.1, -0.05) is 41.4 Å². The largest absolute Gasteiger partial charge is 0.352 e. The Hall–Kier alpha value is -2.11. The van der Waals surface area contributed by atoms with E-state index >= 15 is 0 Å². The first-order valence-electron chi connectivity index (χ1n) is 7.27. The van der Waals surface area contributed by atoms with Gasteiger partial charge in [-0.3, -0.25) is 9.59 Å². The number of nitrogens with zero attached hydrogens (tertiary/aromatic N) is 1. The summed E-state index contributed by atoms with van der Waals surface area (Å²) in [4.78, 5) is 26.5. The number of halogens is 3. The zero-order valence-corrected chi connectivity index (χ0v) is 13.9. The number of benzene rings is 2. The second kappa shape index (κ2) is 6.79. The van der Waals surface area contributed by atoms with E-state index in [-0.39, 0.29) is 17.1 Å². The van der Waals surface area contributed by atoms with Gasteiger partial charge >= 0.3 is 0 Å². The van der Waals surface area contributed by atoms with Gasteiger partial charge in [-0.25, -0.2) is 4.39 Å². The van der Waals surface area contributed by atoms with Crippen LogP contribution in [0.1, 0.15) is 22.0 Å². The normalized spacial score (nSPS) is 17.5. The molecule has 1 atom stereocenters. The van der Waals surface area contributed by atoms with Crippen molar-refractivity contribution in [1.29, 1.82) is 0 Å². The van der Waals surface area contributed by atoms with Crippen LogP contribution in [0.2, 0.25) is 10.0 Å². The summed E-state index contributed by atoms with van der Waals surface area (Å²) in [6.07, 6.45) is 0. The Morgan fingerprint density at radius 1 is 1.17 bits per heavy atom. The van der Waals surface area contributed by atoms with Crippen molar-refractivity contribution in [3.05, 3.63) is 69.5 Å². The molecular formula is C17H13Cl2FN2O2. The van der Waals surface area contributed by atoms with Crippen LogP contribution in [0.4, 0.5) is 4.39 Å². The van der Waals surface area contributed by atoms with E-state index in [2.05, 4.69) is 5.32 Å². The van der Waals surface area contributed by atoms with E-state index in [1.807, 2.05) is 0 Å². The third-order valence-corrected chi connectivity index (χ3v) is 4.58. The Bertz CT molecular complexity index is 813. The average molecular weight is 367 g/mol. The van der Waals surface area contributed by atoms with E-state index in [1.165, 1.54) is 41.3 Å². The van der Waals surface area contributed by atoms with Gasteiger partial charge in [-0.05, 0) is 24.3 Å². The number of rotatable bonds is 2. The molecule has 4 nitrogen and oxygen atoms in total. The topological polar surface area (TPSA) is 49.4 Å². The lowest BCUT2D eigenvalue weighted by molar-refractivity contribution is -0.128. The molecule has 2 aromatic rings. The maximum Gasteiger partial charge on any atom is 0.254 e. The first-order valence-corrected chi connectivity index (χ1v) is 8.03. The summed E-state index contributed by atoms with van der Waals surface area (Å²) >= 11 is 11.8. The molecule has 0 aromatic heterocycles. The highest BCUT2D eigenvalue weighted by atomic mass is 35.5. The van der Waals surface area contributed by atoms with Crippen molar-refractivity contribution in [3.8, 4) is 0 Å². The second-order valence-electron chi connectivity index (χ2n) is 5.34. The van der Waals surface area contributed by atoms with Crippen molar-refractivity contribution in [1.82, 2.24) is 10.2 Å². The van der Waals surface area contributed by atoms with Gasteiger partial charge in [0.25, 0.3) is 5.91 Å². The van der Waals surface area contributed by atoms with Crippen molar-refractivity contribution >= 4 is 35.0 Å². The molecule has 1 unspecified atom stereocenters.